The number of hydrogen-bond acceptors (Lipinski definition) is 4. The van der Waals surface area contributed by atoms with Crippen LogP contribution in [0.3, 0.4) is 0 Å². The molecule has 0 bridgehead atoms. The van der Waals surface area contributed by atoms with Gasteiger partial charge in [0.1, 0.15) is 6.07 Å². The second-order valence-corrected chi connectivity index (χ2v) is 5.41. The summed E-state index contributed by atoms with van der Waals surface area (Å²) in [6.07, 6.45) is 8.17. The van der Waals surface area contributed by atoms with Crippen molar-refractivity contribution < 1.29 is 0 Å². The van der Waals surface area contributed by atoms with E-state index in [9.17, 15) is 0 Å². The normalized spacial score (nSPS) is 22.7. The van der Waals surface area contributed by atoms with Crippen molar-refractivity contribution in [1.82, 2.24) is 4.98 Å². The first kappa shape index (κ1) is 13.7. The van der Waals surface area contributed by atoms with Gasteiger partial charge in [0.25, 0.3) is 0 Å². The van der Waals surface area contributed by atoms with E-state index in [1.54, 1.807) is 12.3 Å². The molecule has 1 aromatic rings. The van der Waals surface area contributed by atoms with E-state index in [-0.39, 0.29) is 0 Å². The van der Waals surface area contributed by atoms with Crippen LogP contribution in [0.4, 0.5) is 11.5 Å². The van der Waals surface area contributed by atoms with Gasteiger partial charge in [-0.15, -0.1) is 0 Å². The Balaban J connectivity index is 1.88. The van der Waals surface area contributed by atoms with Crippen LogP contribution in [0, 0.1) is 23.2 Å². The van der Waals surface area contributed by atoms with Gasteiger partial charge in [-0.25, -0.2) is 4.98 Å². The molecule has 0 radical (unpaired) electrons. The molecule has 0 saturated heterocycles. The van der Waals surface area contributed by atoms with Crippen LogP contribution in [0.25, 0.3) is 0 Å². The maximum atomic E-state index is 8.93. The number of rotatable bonds is 4. The lowest BCUT2D eigenvalue weighted by Crippen LogP contribution is -2.21. The van der Waals surface area contributed by atoms with Crippen molar-refractivity contribution in [3.05, 3.63) is 17.8 Å². The minimum atomic E-state index is 0.465. The Morgan fingerprint density at radius 2 is 2.05 bits per heavy atom. The zero-order valence-electron chi connectivity index (χ0n) is 11.5. The molecule has 3 N–H and O–H groups in total. The summed E-state index contributed by atoms with van der Waals surface area (Å²) < 4.78 is 0. The Morgan fingerprint density at radius 1 is 1.37 bits per heavy atom. The van der Waals surface area contributed by atoms with Crippen molar-refractivity contribution in [3.8, 4) is 6.07 Å². The quantitative estimate of drug-likeness (QED) is 0.869. The molecular formula is C15H22N4. The van der Waals surface area contributed by atoms with Crippen LogP contribution in [0.2, 0.25) is 0 Å². The van der Waals surface area contributed by atoms with Crippen LogP contribution in [0.1, 0.15) is 44.6 Å². The molecule has 19 heavy (non-hydrogen) atoms. The fourth-order valence-electron chi connectivity index (χ4n) is 2.80. The number of pyridine rings is 1. The Kier molecular flexibility index (Phi) is 4.62. The summed E-state index contributed by atoms with van der Waals surface area (Å²) in [5.41, 5.74) is 6.86. The predicted octanol–water partition coefficient (Wildman–Crippen LogP) is 3.16. The Labute approximate surface area is 115 Å². The molecular weight excluding hydrogens is 236 g/mol. The first-order valence-corrected chi connectivity index (χ1v) is 7.13. The van der Waals surface area contributed by atoms with Gasteiger partial charge in [0.15, 0.2) is 5.82 Å². The van der Waals surface area contributed by atoms with Crippen LogP contribution in [0.15, 0.2) is 12.3 Å². The summed E-state index contributed by atoms with van der Waals surface area (Å²) in [5, 5.41) is 12.2. The maximum absolute atomic E-state index is 8.93. The number of hydrogen-bond donors (Lipinski definition) is 2. The minimum absolute atomic E-state index is 0.465. The molecule has 102 valence electrons. The molecule has 4 heteroatoms. The average Bonchev–Trinajstić information content (AvgIpc) is 2.47. The second kappa shape index (κ2) is 6.42. The van der Waals surface area contributed by atoms with E-state index in [0.717, 1.165) is 12.5 Å². The Bertz CT molecular complexity index is 456. The minimum Gasteiger partial charge on any atom is -0.395 e. The zero-order chi connectivity index (χ0) is 13.7. The van der Waals surface area contributed by atoms with Gasteiger partial charge in [-0.1, -0.05) is 26.2 Å². The Morgan fingerprint density at radius 3 is 2.68 bits per heavy atom. The van der Waals surface area contributed by atoms with E-state index < -0.39 is 0 Å². The third kappa shape index (κ3) is 3.37. The molecule has 1 heterocycles. The number of nitriles is 1. The van der Waals surface area contributed by atoms with Gasteiger partial charge in [0.05, 0.1) is 11.3 Å². The van der Waals surface area contributed by atoms with E-state index in [4.69, 9.17) is 11.0 Å². The molecule has 0 amide bonds. The van der Waals surface area contributed by atoms with Gasteiger partial charge in [-0.2, -0.15) is 5.26 Å². The van der Waals surface area contributed by atoms with E-state index >= 15 is 0 Å². The summed E-state index contributed by atoms with van der Waals surface area (Å²) in [6.45, 7) is 3.18. The molecule has 0 aliphatic heterocycles. The number of aromatic nitrogens is 1. The van der Waals surface area contributed by atoms with Crippen molar-refractivity contribution in [2.45, 2.75) is 39.0 Å². The highest BCUT2D eigenvalue weighted by atomic mass is 15.0. The molecule has 0 unspecified atom stereocenters. The van der Waals surface area contributed by atoms with Gasteiger partial charge in [-0.3, -0.25) is 0 Å². The Hall–Kier alpha value is -1.76. The van der Waals surface area contributed by atoms with E-state index in [2.05, 4.69) is 23.3 Å². The van der Waals surface area contributed by atoms with Gasteiger partial charge in [0.2, 0.25) is 0 Å². The van der Waals surface area contributed by atoms with Crippen molar-refractivity contribution in [2.24, 2.45) is 11.8 Å². The monoisotopic (exact) mass is 258 g/mol. The average molecular weight is 258 g/mol. The molecule has 4 nitrogen and oxygen atoms in total. The molecule has 2 rings (SSSR count). The summed E-state index contributed by atoms with van der Waals surface area (Å²) in [4.78, 5) is 4.22. The SMILES string of the molecule is CCC1CCC(CNc2nccc(C#N)c2N)CC1. The van der Waals surface area contributed by atoms with E-state index in [0.29, 0.717) is 23.0 Å². The second-order valence-electron chi connectivity index (χ2n) is 5.41. The van der Waals surface area contributed by atoms with Crippen LogP contribution < -0.4 is 11.1 Å². The van der Waals surface area contributed by atoms with E-state index in [1.165, 1.54) is 32.1 Å². The summed E-state index contributed by atoms with van der Waals surface area (Å²) in [6, 6.07) is 3.73. The number of nitrogens with zero attached hydrogens (tertiary/aromatic N) is 2. The predicted molar refractivity (Wildman–Crippen MR) is 77.6 cm³/mol. The molecule has 1 aliphatic carbocycles. The van der Waals surface area contributed by atoms with Crippen LogP contribution in [-0.4, -0.2) is 11.5 Å². The van der Waals surface area contributed by atoms with Crippen LogP contribution in [-0.2, 0) is 0 Å². The van der Waals surface area contributed by atoms with Gasteiger partial charge < -0.3 is 11.1 Å². The smallest absolute Gasteiger partial charge is 0.150 e. The lowest BCUT2D eigenvalue weighted by Gasteiger charge is -2.28. The number of anilines is 2. The third-order valence-electron chi connectivity index (χ3n) is 4.21. The fourth-order valence-corrected chi connectivity index (χ4v) is 2.80. The van der Waals surface area contributed by atoms with E-state index in [1.807, 2.05) is 0 Å². The zero-order valence-corrected chi connectivity index (χ0v) is 11.5. The fraction of sp³-hybridized carbons (Fsp3) is 0.600. The van der Waals surface area contributed by atoms with Crippen LogP contribution >= 0.6 is 0 Å². The summed E-state index contributed by atoms with van der Waals surface area (Å²) >= 11 is 0. The van der Waals surface area contributed by atoms with Crippen molar-refractivity contribution in [1.29, 1.82) is 5.26 Å². The maximum Gasteiger partial charge on any atom is 0.150 e. The molecule has 1 saturated carbocycles. The molecule has 1 aliphatic rings. The van der Waals surface area contributed by atoms with Crippen molar-refractivity contribution in [2.75, 3.05) is 17.6 Å². The third-order valence-corrected chi connectivity index (χ3v) is 4.21. The lowest BCUT2D eigenvalue weighted by atomic mass is 9.81. The first-order valence-electron chi connectivity index (χ1n) is 7.13. The topological polar surface area (TPSA) is 74.7 Å². The molecule has 1 fully saturated rings. The summed E-state index contributed by atoms with van der Waals surface area (Å²) in [5.74, 6) is 2.27. The highest BCUT2D eigenvalue weighted by Gasteiger charge is 2.20. The van der Waals surface area contributed by atoms with Gasteiger partial charge >= 0.3 is 0 Å². The molecule has 1 aromatic heterocycles. The molecule has 0 spiro atoms. The van der Waals surface area contributed by atoms with Crippen molar-refractivity contribution in [3.63, 3.8) is 0 Å². The van der Waals surface area contributed by atoms with Crippen LogP contribution in [0.5, 0.6) is 0 Å². The first-order chi connectivity index (χ1) is 9.24. The number of nitrogens with one attached hydrogen (secondary N) is 1. The number of nitrogen functional groups attached to an aromatic ring is 1. The van der Waals surface area contributed by atoms with Gasteiger partial charge in [0, 0.05) is 12.7 Å². The highest BCUT2D eigenvalue weighted by Crippen LogP contribution is 2.31. The molecule has 0 aromatic carbocycles. The number of nitrogens with two attached hydrogens (primary N) is 1. The largest absolute Gasteiger partial charge is 0.395 e. The highest BCUT2D eigenvalue weighted by molar-refractivity contribution is 5.68. The standard InChI is InChI=1S/C15H22N4/c1-2-11-3-5-12(6-4-11)10-19-15-14(17)13(9-16)7-8-18-15/h7-8,11-12H,2-6,10,17H2,1H3,(H,18,19). The lowest BCUT2D eigenvalue weighted by molar-refractivity contribution is 0.278. The summed E-state index contributed by atoms with van der Waals surface area (Å²) in [7, 11) is 0. The molecule has 0 atom stereocenters. The van der Waals surface area contributed by atoms with Gasteiger partial charge in [-0.05, 0) is 30.7 Å². The van der Waals surface area contributed by atoms with Crippen molar-refractivity contribution >= 4 is 11.5 Å².